The zero-order chi connectivity index (χ0) is 9.19. The Labute approximate surface area is 66.6 Å². The predicted molar refractivity (Wildman–Crippen MR) is 37.7 cm³/mol. The van der Waals surface area contributed by atoms with E-state index in [2.05, 4.69) is 8.94 Å². The average molecular weight is 192 g/mol. The topological polar surface area (TPSA) is 97.0 Å². The molecule has 0 aliphatic heterocycles. The Morgan fingerprint density at radius 2 is 2.08 bits per heavy atom. The summed E-state index contributed by atoms with van der Waals surface area (Å²) in [7, 11) is -4.64. The summed E-state index contributed by atoms with van der Waals surface area (Å²) in [6, 6.07) is 3.48. The summed E-state index contributed by atoms with van der Waals surface area (Å²) in [5.41, 5.74) is -0.735. The Morgan fingerprint density at radius 3 is 2.58 bits per heavy atom. The minimum atomic E-state index is -4.64. The number of hydrogen-bond donors (Lipinski definition) is 2. The Bertz CT molecular complexity index is 362. The molecule has 0 aliphatic rings. The summed E-state index contributed by atoms with van der Waals surface area (Å²) in [4.78, 5) is 27.1. The van der Waals surface area contributed by atoms with Crippen molar-refractivity contribution in [2.24, 2.45) is 0 Å². The Balaban J connectivity index is 2.91. The fourth-order valence-electron chi connectivity index (χ4n) is 0.539. The highest BCUT2D eigenvalue weighted by Crippen LogP contribution is 2.36. The molecule has 0 saturated heterocycles. The molecule has 66 valence electrons. The van der Waals surface area contributed by atoms with Crippen LogP contribution in [-0.4, -0.2) is 9.79 Å². The predicted octanol–water partition coefficient (Wildman–Crippen LogP) is 0.111. The van der Waals surface area contributed by atoms with Crippen LogP contribution in [0, 0.1) is 0 Å². The summed E-state index contributed by atoms with van der Waals surface area (Å²) in [6.07, 6.45) is 0. The lowest BCUT2D eigenvalue weighted by Crippen LogP contribution is -1.97. The Morgan fingerprint density at radius 1 is 1.42 bits per heavy atom. The molecule has 0 aliphatic carbocycles. The van der Waals surface area contributed by atoms with Gasteiger partial charge in [0.05, 0.1) is 0 Å². The summed E-state index contributed by atoms with van der Waals surface area (Å²) >= 11 is 0. The van der Waals surface area contributed by atoms with Crippen molar-refractivity contribution in [1.82, 2.24) is 0 Å². The molecule has 12 heavy (non-hydrogen) atoms. The zero-order valence-corrected chi connectivity index (χ0v) is 6.60. The van der Waals surface area contributed by atoms with Crippen molar-refractivity contribution in [2.75, 3.05) is 0 Å². The van der Waals surface area contributed by atoms with E-state index in [0.717, 1.165) is 12.1 Å². The number of rotatable bonds is 2. The van der Waals surface area contributed by atoms with Gasteiger partial charge in [-0.3, -0.25) is 9.79 Å². The first-order chi connectivity index (χ1) is 5.47. The number of phosphoric ester groups is 1. The van der Waals surface area contributed by atoms with Crippen LogP contribution in [0.25, 0.3) is 0 Å². The van der Waals surface area contributed by atoms with Gasteiger partial charge in [-0.1, -0.05) is 0 Å². The van der Waals surface area contributed by atoms with Crippen molar-refractivity contribution in [2.45, 2.75) is 0 Å². The van der Waals surface area contributed by atoms with Crippen molar-refractivity contribution in [3.63, 3.8) is 0 Å². The molecule has 6 nitrogen and oxygen atoms in total. The minimum absolute atomic E-state index is 0.504. The largest absolute Gasteiger partial charge is 0.527 e. The average Bonchev–Trinajstić information content (AvgIpc) is 1.82. The number of hydrogen-bond acceptors (Lipinski definition) is 4. The molecular formula is C5H5O6P. The van der Waals surface area contributed by atoms with E-state index in [1.165, 1.54) is 6.07 Å². The van der Waals surface area contributed by atoms with E-state index < -0.39 is 19.4 Å². The molecular weight excluding hydrogens is 187 g/mol. The van der Waals surface area contributed by atoms with E-state index in [4.69, 9.17) is 9.79 Å². The highest BCUT2D eigenvalue weighted by atomic mass is 31.2. The van der Waals surface area contributed by atoms with Crippen LogP contribution in [0.4, 0.5) is 0 Å². The molecule has 0 atom stereocenters. The van der Waals surface area contributed by atoms with Gasteiger partial charge in [-0.25, -0.2) is 9.36 Å². The van der Waals surface area contributed by atoms with Gasteiger partial charge in [-0.15, -0.1) is 0 Å². The van der Waals surface area contributed by atoms with Gasteiger partial charge in [0.25, 0.3) is 5.95 Å². The second-order valence-electron chi connectivity index (χ2n) is 1.85. The third-order valence-corrected chi connectivity index (χ3v) is 1.29. The summed E-state index contributed by atoms with van der Waals surface area (Å²) < 4.78 is 18.5. The van der Waals surface area contributed by atoms with E-state index in [9.17, 15) is 9.36 Å². The molecule has 0 spiro atoms. The second-order valence-corrected chi connectivity index (χ2v) is 3.01. The molecule has 0 fully saturated rings. The van der Waals surface area contributed by atoms with Crippen LogP contribution in [0.5, 0.6) is 5.95 Å². The van der Waals surface area contributed by atoms with Crippen LogP contribution in [0.15, 0.2) is 27.4 Å². The van der Waals surface area contributed by atoms with E-state index >= 15 is 0 Å². The van der Waals surface area contributed by atoms with Gasteiger partial charge in [-0.05, 0) is 6.07 Å². The first-order valence-electron chi connectivity index (χ1n) is 2.83. The molecule has 7 heteroatoms. The van der Waals surface area contributed by atoms with E-state index in [-0.39, 0.29) is 0 Å². The van der Waals surface area contributed by atoms with Gasteiger partial charge in [0.15, 0.2) is 0 Å². The maximum atomic E-state index is 10.5. The van der Waals surface area contributed by atoms with Gasteiger partial charge in [0.2, 0.25) is 0 Å². The second kappa shape index (κ2) is 3.10. The maximum Gasteiger partial charge on any atom is 0.527 e. The summed E-state index contributed by atoms with van der Waals surface area (Å²) in [5.74, 6) is -0.504. The fraction of sp³-hybridized carbons (Fsp3) is 0. The first-order valence-corrected chi connectivity index (χ1v) is 4.36. The van der Waals surface area contributed by atoms with Crippen molar-refractivity contribution < 1.29 is 23.3 Å². The molecule has 0 unspecified atom stereocenters. The lowest BCUT2D eigenvalue weighted by atomic mass is 10.5. The van der Waals surface area contributed by atoms with Crippen LogP contribution in [-0.2, 0) is 4.57 Å². The van der Waals surface area contributed by atoms with Crippen LogP contribution in [0.1, 0.15) is 0 Å². The van der Waals surface area contributed by atoms with Gasteiger partial charge in [0, 0.05) is 12.1 Å². The molecule has 0 bridgehead atoms. The van der Waals surface area contributed by atoms with Crippen LogP contribution in [0.2, 0.25) is 0 Å². The van der Waals surface area contributed by atoms with E-state index in [1.54, 1.807) is 0 Å². The fourth-order valence-corrected chi connectivity index (χ4v) is 0.871. The molecule has 1 heterocycles. The molecule has 0 saturated carbocycles. The van der Waals surface area contributed by atoms with Crippen molar-refractivity contribution >= 4 is 7.82 Å². The quantitative estimate of drug-likeness (QED) is 0.645. The smallest absolute Gasteiger partial charge is 0.389 e. The van der Waals surface area contributed by atoms with E-state index in [0.29, 0.717) is 0 Å². The normalized spacial score (nSPS) is 11.2. The molecule has 1 aromatic rings. The van der Waals surface area contributed by atoms with Gasteiger partial charge in [0.1, 0.15) is 0 Å². The molecule has 1 aromatic heterocycles. The van der Waals surface area contributed by atoms with Crippen molar-refractivity contribution in [3.8, 4) is 5.95 Å². The SMILES string of the molecule is O=c1cccc(OP(=O)(O)O)o1. The van der Waals surface area contributed by atoms with Crippen LogP contribution < -0.4 is 10.1 Å². The molecule has 0 radical (unpaired) electrons. The molecule has 2 N–H and O–H groups in total. The summed E-state index contributed by atoms with van der Waals surface area (Å²) in [6.45, 7) is 0. The maximum absolute atomic E-state index is 10.5. The number of phosphoric acid groups is 1. The van der Waals surface area contributed by atoms with Crippen molar-refractivity contribution in [1.29, 1.82) is 0 Å². The lowest BCUT2D eigenvalue weighted by Gasteiger charge is -2.02. The van der Waals surface area contributed by atoms with Gasteiger partial charge < -0.3 is 8.94 Å². The highest BCUT2D eigenvalue weighted by Gasteiger charge is 2.17. The van der Waals surface area contributed by atoms with Crippen molar-refractivity contribution in [3.05, 3.63) is 28.6 Å². The Kier molecular flexibility index (Phi) is 2.32. The van der Waals surface area contributed by atoms with Crippen LogP contribution >= 0.6 is 7.82 Å². The third-order valence-electron chi connectivity index (χ3n) is 0.875. The minimum Gasteiger partial charge on any atom is -0.389 e. The van der Waals surface area contributed by atoms with E-state index in [1.807, 2.05) is 0 Å². The monoisotopic (exact) mass is 192 g/mol. The standard InChI is InChI=1S/C5H5O6P/c6-4-2-1-3-5(10-4)11-12(7,8)9/h1-3H,(H2,7,8,9). The zero-order valence-electron chi connectivity index (χ0n) is 5.71. The van der Waals surface area contributed by atoms with Gasteiger partial charge in [-0.2, -0.15) is 0 Å². The Hall–Kier alpha value is -1.10. The molecule has 1 rings (SSSR count). The highest BCUT2D eigenvalue weighted by molar-refractivity contribution is 7.46. The summed E-state index contributed by atoms with van der Waals surface area (Å²) in [5, 5.41) is 0. The van der Waals surface area contributed by atoms with Crippen LogP contribution in [0.3, 0.4) is 0 Å². The third kappa shape index (κ3) is 2.87. The molecule has 0 aromatic carbocycles. The lowest BCUT2D eigenvalue weighted by molar-refractivity contribution is 0.248. The van der Waals surface area contributed by atoms with Gasteiger partial charge >= 0.3 is 13.4 Å². The first kappa shape index (κ1) is 8.99. The molecule has 0 amide bonds.